The molecular formula is C20H13ClNO4P. The summed E-state index contributed by atoms with van der Waals surface area (Å²) in [5.41, 5.74) is 2.84. The molecule has 3 aromatic rings. The van der Waals surface area contributed by atoms with Crippen molar-refractivity contribution < 1.29 is 19.3 Å². The predicted octanol–water partition coefficient (Wildman–Crippen LogP) is 4.59. The Balaban J connectivity index is 0.000000137. The number of hydroxylamine groups is 2. The molecule has 2 aliphatic rings. The Morgan fingerprint density at radius 3 is 1.85 bits per heavy atom. The molecule has 0 saturated heterocycles. The number of amides is 2. The van der Waals surface area contributed by atoms with E-state index in [1.165, 1.54) is 17.7 Å². The van der Waals surface area contributed by atoms with E-state index in [9.17, 15) is 9.59 Å². The number of hydrogen-bond acceptors (Lipinski definition) is 4. The van der Waals surface area contributed by atoms with Gasteiger partial charge in [0.2, 0.25) is 7.50 Å². The maximum atomic E-state index is 11.1. The first-order valence-corrected chi connectivity index (χ1v) is 10.2. The molecule has 134 valence electrons. The van der Waals surface area contributed by atoms with Gasteiger partial charge in [-0.1, -0.05) is 48.5 Å². The normalized spacial score (nSPS) is 16.5. The van der Waals surface area contributed by atoms with Crippen molar-refractivity contribution in [1.82, 2.24) is 5.06 Å². The average Bonchev–Trinajstić information content (AvgIpc) is 2.93. The fraction of sp³-hybridized carbons (Fsp3) is 0. The van der Waals surface area contributed by atoms with E-state index in [4.69, 9.17) is 21.0 Å². The summed E-state index contributed by atoms with van der Waals surface area (Å²) in [7, 11) is -1.02. The summed E-state index contributed by atoms with van der Waals surface area (Å²) in [6, 6.07) is 22.4. The molecule has 27 heavy (non-hydrogen) atoms. The molecule has 0 fully saturated rings. The number of hydrogen-bond donors (Lipinski definition) is 1. The minimum absolute atomic E-state index is 0.130. The highest BCUT2D eigenvalue weighted by atomic mass is 35.7. The third-order valence-electron chi connectivity index (χ3n) is 4.22. The molecule has 0 aromatic heterocycles. The van der Waals surface area contributed by atoms with Crippen LogP contribution in [-0.4, -0.2) is 22.1 Å². The molecule has 1 N–H and O–H groups in total. The number of halogens is 1. The lowest BCUT2D eigenvalue weighted by molar-refractivity contribution is -0.0327. The number of nitrogens with zero attached hydrogens (tertiary/aromatic N) is 1. The topological polar surface area (TPSA) is 66.8 Å². The van der Waals surface area contributed by atoms with E-state index in [0.29, 0.717) is 0 Å². The summed E-state index contributed by atoms with van der Waals surface area (Å²) >= 11 is 6.22. The average molecular weight is 398 g/mol. The Bertz CT molecular complexity index is 1020. The van der Waals surface area contributed by atoms with Gasteiger partial charge in [0.15, 0.2) is 0 Å². The number of benzene rings is 3. The van der Waals surface area contributed by atoms with Gasteiger partial charge in [0.25, 0.3) is 11.8 Å². The van der Waals surface area contributed by atoms with Crippen LogP contribution in [0.15, 0.2) is 72.8 Å². The molecule has 2 amide bonds. The molecule has 1 atom stereocenters. The third kappa shape index (κ3) is 3.10. The summed E-state index contributed by atoms with van der Waals surface area (Å²) in [6.45, 7) is 0. The molecule has 0 aliphatic carbocycles. The number of para-hydroxylation sites is 1. The van der Waals surface area contributed by atoms with Crippen LogP contribution in [0.25, 0.3) is 11.1 Å². The van der Waals surface area contributed by atoms with Crippen LogP contribution in [0.1, 0.15) is 20.7 Å². The number of carbonyl (C=O) groups is 2. The van der Waals surface area contributed by atoms with Gasteiger partial charge >= 0.3 is 0 Å². The fourth-order valence-corrected chi connectivity index (χ4v) is 4.62. The minimum atomic E-state index is -1.02. The maximum absolute atomic E-state index is 11.1. The van der Waals surface area contributed by atoms with Gasteiger partial charge in [-0.05, 0) is 41.1 Å². The first-order valence-electron chi connectivity index (χ1n) is 8.07. The Labute approximate surface area is 161 Å². The van der Waals surface area contributed by atoms with Crippen LogP contribution in [0.5, 0.6) is 5.75 Å². The fourth-order valence-electron chi connectivity index (χ4n) is 2.94. The van der Waals surface area contributed by atoms with Crippen molar-refractivity contribution in [3.63, 3.8) is 0 Å². The molecule has 0 spiro atoms. The zero-order valence-electron chi connectivity index (χ0n) is 13.9. The van der Waals surface area contributed by atoms with Gasteiger partial charge in [-0.3, -0.25) is 14.8 Å². The highest BCUT2D eigenvalue weighted by molar-refractivity contribution is 7.86. The zero-order valence-corrected chi connectivity index (χ0v) is 15.5. The summed E-state index contributed by atoms with van der Waals surface area (Å²) in [4.78, 5) is 22.1. The van der Waals surface area contributed by atoms with Crippen LogP contribution in [0.3, 0.4) is 0 Å². The van der Waals surface area contributed by atoms with Crippen molar-refractivity contribution in [1.29, 1.82) is 0 Å². The first kappa shape index (κ1) is 17.7. The molecule has 0 saturated carbocycles. The minimum Gasteiger partial charge on any atom is -0.453 e. The molecular weight excluding hydrogens is 385 g/mol. The lowest BCUT2D eigenvalue weighted by Gasteiger charge is -2.23. The van der Waals surface area contributed by atoms with Crippen LogP contribution >= 0.6 is 18.7 Å². The van der Waals surface area contributed by atoms with Gasteiger partial charge < -0.3 is 4.52 Å². The van der Waals surface area contributed by atoms with Gasteiger partial charge in [0, 0.05) is 10.9 Å². The smallest absolute Gasteiger partial charge is 0.285 e. The summed E-state index contributed by atoms with van der Waals surface area (Å²) < 4.78 is 5.69. The lowest BCUT2D eigenvalue weighted by Crippen LogP contribution is -2.25. The van der Waals surface area contributed by atoms with Crippen molar-refractivity contribution in [3.8, 4) is 16.9 Å². The number of rotatable bonds is 0. The summed E-state index contributed by atoms with van der Waals surface area (Å²) in [5, 5.41) is 10.2. The van der Waals surface area contributed by atoms with Gasteiger partial charge in [-0.25, -0.2) is 0 Å². The van der Waals surface area contributed by atoms with Gasteiger partial charge in [0.05, 0.1) is 11.1 Å². The van der Waals surface area contributed by atoms with E-state index in [1.807, 2.05) is 36.4 Å². The second kappa shape index (κ2) is 7.12. The van der Waals surface area contributed by atoms with Crippen LogP contribution < -0.4 is 9.83 Å². The molecule has 1 unspecified atom stereocenters. The monoisotopic (exact) mass is 397 g/mol. The van der Waals surface area contributed by atoms with E-state index >= 15 is 0 Å². The third-order valence-corrected chi connectivity index (χ3v) is 6.10. The highest BCUT2D eigenvalue weighted by Gasteiger charge is 2.34. The Kier molecular flexibility index (Phi) is 4.66. The van der Waals surface area contributed by atoms with E-state index in [1.54, 1.807) is 12.1 Å². The van der Waals surface area contributed by atoms with Crippen molar-refractivity contribution in [2.75, 3.05) is 0 Å². The van der Waals surface area contributed by atoms with Gasteiger partial charge in [0.1, 0.15) is 5.75 Å². The Morgan fingerprint density at radius 1 is 0.741 bits per heavy atom. The number of imide groups is 1. The van der Waals surface area contributed by atoms with Crippen LogP contribution in [0, 0.1) is 0 Å². The molecule has 2 aliphatic heterocycles. The standard InChI is InChI=1S/C12H8ClOP.C8H5NO3/c13-15-12-8-4-2-6-10(12)9-5-1-3-7-11(9)14-15;10-7-5-3-1-2-4-6(5)8(11)9(7)12/h1-8H;1-4,12H. The van der Waals surface area contributed by atoms with E-state index < -0.39 is 19.3 Å². The molecule has 0 bridgehead atoms. The quantitative estimate of drug-likeness (QED) is 0.342. The van der Waals surface area contributed by atoms with Crippen molar-refractivity contribution >= 4 is 35.9 Å². The second-order valence-electron chi connectivity index (χ2n) is 5.82. The second-order valence-corrected chi connectivity index (χ2v) is 7.89. The van der Waals surface area contributed by atoms with E-state index in [2.05, 4.69) is 12.1 Å². The van der Waals surface area contributed by atoms with Crippen LogP contribution in [0.2, 0.25) is 0 Å². The molecule has 7 heteroatoms. The van der Waals surface area contributed by atoms with Crippen LogP contribution in [-0.2, 0) is 0 Å². The van der Waals surface area contributed by atoms with E-state index in [-0.39, 0.29) is 16.2 Å². The van der Waals surface area contributed by atoms with Crippen molar-refractivity contribution in [2.24, 2.45) is 0 Å². The zero-order chi connectivity index (χ0) is 19.0. The van der Waals surface area contributed by atoms with Gasteiger partial charge in [-0.15, -0.1) is 5.06 Å². The predicted molar refractivity (Wildman–Crippen MR) is 104 cm³/mol. The highest BCUT2D eigenvalue weighted by Crippen LogP contribution is 2.51. The Hall–Kier alpha value is -2.72. The number of carbonyl (C=O) groups excluding carboxylic acids is 2. The largest absolute Gasteiger partial charge is 0.453 e. The first-order chi connectivity index (χ1) is 13.1. The lowest BCUT2D eigenvalue weighted by atomic mass is 10.0. The molecule has 2 heterocycles. The molecule has 0 radical (unpaired) electrons. The van der Waals surface area contributed by atoms with Gasteiger partial charge in [-0.2, -0.15) is 0 Å². The Morgan fingerprint density at radius 2 is 1.22 bits per heavy atom. The molecule has 5 rings (SSSR count). The van der Waals surface area contributed by atoms with Crippen molar-refractivity contribution in [3.05, 3.63) is 83.9 Å². The van der Waals surface area contributed by atoms with E-state index in [0.717, 1.165) is 16.6 Å². The molecule has 3 aromatic carbocycles. The molecule has 5 nitrogen and oxygen atoms in total. The van der Waals surface area contributed by atoms with Crippen molar-refractivity contribution in [2.45, 2.75) is 0 Å². The summed E-state index contributed by atoms with van der Waals surface area (Å²) in [6.07, 6.45) is 0. The summed E-state index contributed by atoms with van der Waals surface area (Å²) in [5.74, 6) is -0.427. The van der Waals surface area contributed by atoms with Crippen LogP contribution in [0.4, 0.5) is 0 Å². The maximum Gasteiger partial charge on any atom is 0.285 e. The SMILES string of the molecule is ClP1Oc2ccccc2-c2ccccc21.O=C1c2ccccc2C(=O)N1O. The number of fused-ring (bicyclic) bond motifs is 4.